The molecule has 0 amide bonds. The molecule has 3 aromatic carbocycles. The van der Waals surface area contributed by atoms with E-state index < -0.39 is 12.1 Å². The van der Waals surface area contributed by atoms with E-state index in [2.05, 4.69) is 78.3 Å². The number of ether oxygens (including phenoxy) is 1. The summed E-state index contributed by atoms with van der Waals surface area (Å²) < 4.78 is 39.3. The van der Waals surface area contributed by atoms with E-state index in [0.717, 1.165) is 50.4 Å². The van der Waals surface area contributed by atoms with Gasteiger partial charge in [0, 0.05) is 41.0 Å². The molecule has 40 heavy (non-hydrogen) atoms. The lowest BCUT2D eigenvalue weighted by Gasteiger charge is -2.11. The Kier molecular flexibility index (Phi) is 8.49. The number of methoxy groups -OCH3 is 1. The fraction of sp³-hybridized carbons (Fsp3) is 0.167. The molecule has 0 radical (unpaired) electrons. The number of pyridine rings is 1. The molecule has 5 rings (SSSR count). The summed E-state index contributed by atoms with van der Waals surface area (Å²) in [4.78, 5) is 19.5. The average molecular weight is 566 g/mol. The summed E-state index contributed by atoms with van der Waals surface area (Å²) in [5, 5.41) is 9.44. The number of rotatable bonds is 5. The number of halogens is 3. The maximum atomic E-state index is 10.6. The molecule has 206 valence electrons. The highest BCUT2D eigenvalue weighted by atomic mass is 32.2. The zero-order valence-corrected chi connectivity index (χ0v) is 23.0. The SMILES string of the molecule is COc1ccc2cc(-c3c(-c4ccncc4)nc(-c4ccc(SC)cc4C)n3C)ccc2c1.O=C(O)C(F)(F)F. The van der Waals surface area contributed by atoms with Crippen LogP contribution in [0.5, 0.6) is 5.75 Å². The molecule has 0 aliphatic heterocycles. The molecule has 0 spiro atoms. The molecular weight excluding hydrogens is 539 g/mol. The minimum absolute atomic E-state index is 0.861. The van der Waals surface area contributed by atoms with E-state index in [9.17, 15) is 13.2 Å². The molecular formula is C30H26F3N3O3S. The molecule has 10 heteroatoms. The van der Waals surface area contributed by atoms with Crippen LogP contribution in [0.4, 0.5) is 13.2 Å². The van der Waals surface area contributed by atoms with Crippen molar-refractivity contribution in [1.29, 1.82) is 0 Å². The van der Waals surface area contributed by atoms with Gasteiger partial charge in [-0.1, -0.05) is 18.2 Å². The molecule has 0 aliphatic rings. The first-order valence-corrected chi connectivity index (χ1v) is 13.3. The molecule has 2 aromatic heterocycles. The van der Waals surface area contributed by atoms with Gasteiger partial charge < -0.3 is 14.4 Å². The highest BCUT2D eigenvalue weighted by Crippen LogP contribution is 2.38. The predicted molar refractivity (Wildman–Crippen MR) is 152 cm³/mol. The van der Waals surface area contributed by atoms with E-state index in [1.807, 2.05) is 30.6 Å². The Labute approximate surface area is 233 Å². The van der Waals surface area contributed by atoms with Crippen molar-refractivity contribution in [1.82, 2.24) is 14.5 Å². The number of alkyl halides is 3. The van der Waals surface area contributed by atoms with Gasteiger partial charge in [0.25, 0.3) is 0 Å². The van der Waals surface area contributed by atoms with E-state index in [1.54, 1.807) is 18.9 Å². The second-order valence-electron chi connectivity index (χ2n) is 8.84. The summed E-state index contributed by atoms with van der Waals surface area (Å²) in [6.45, 7) is 2.15. The summed E-state index contributed by atoms with van der Waals surface area (Å²) in [5.74, 6) is -0.941. The van der Waals surface area contributed by atoms with Crippen molar-refractivity contribution >= 4 is 28.5 Å². The molecule has 0 saturated heterocycles. The van der Waals surface area contributed by atoms with Crippen LogP contribution in [0.3, 0.4) is 0 Å². The summed E-state index contributed by atoms with van der Waals surface area (Å²) in [7, 11) is 3.80. The van der Waals surface area contributed by atoms with Gasteiger partial charge in [-0.15, -0.1) is 11.8 Å². The van der Waals surface area contributed by atoms with E-state index in [1.165, 1.54) is 10.5 Å². The van der Waals surface area contributed by atoms with Crippen LogP contribution in [0.2, 0.25) is 0 Å². The Balaban J connectivity index is 0.000000470. The highest BCUT2D eigenvalue weighted by molar-refractivity contribution is 7.98. The van der Waals surface area contributed by atoms with Crippen LogP contribution in [0.1, 0.15) is 5.56 Å². The minimum atomic E-state index is -5.08. The first-order chi connectivity index (χ1) is 19.0. The maximum Gasteiger partial charge on any atom is 0.490 e. The third-order valence-corrected chi connectivity index (χ3v) is 7.01. The number of carboxylic acids is 1. The van der Waals surface area contributed by atoms with Crippen LogP contribution in [0, 0.1) is 6.92 Å². The first kappa shape index (κ1) is 28.7. The minimum Gasteiger partial charge on any atom is -0.497 e. The molecule has 1 N–H and O–H groups in total. The number of benzene rings is 3. The van der Waals surface area contributed by atoms with E-state index in [4.69, 9.17) is 19.6 Å². The van der Waals surface area contributed by atoms with Gasteiger partial charge in [0.2, 0.25) is 0 Å². The number of imidazole rings is 1. The quantitative estimate of drug-likeness (QED) is 0.221. The van der Waals surface area contributed by atoms with Crippen LogP contribution in [0.25, 0.3) is 44.7 Å². The number of thioether (sulfide) groups is 1. The molecule has 2 heterocycles. The monoisotopic (exact) mass is 565 g/mol. The third kappa shape index (κ3) is 6.12. The zero-order valence-electron chi connectivity index (χ0n) is 22.2. The third-order valence-electron chi connectivity index (χ3n) is 6.29. The number of aryl methyl sites for hydroxylation is 1. The van der Waals surface area contributed by atoms with E-state index >= 15 is 0 Å². The summed E-state index contributed by atoms with van der Waals surface area (Å²) in [6, 6.07) is 23.3. The lowest BCUT2D eigenvalue weighted by atomic mass is 10.0. The molecule has 0 bridgehead atoms. The maximum absolute atomic E-state index is 10.6. The fourth-order valence-corrected chi connectivity index (χ4v) is 4.79. The number of aromatic nitrogens is 3. The van der Waals surface area contributed by atoms with E-state index in [-0.39, 0.29) is 0 Å². The van der Waals surface area contributed by atoms with Gasteiger partial charge in [-0.2, -0.15) is 13.2 Å². The number of carboxylic acid groups (broad SMARTS) is 1. The standard InChI is InChI=1S/C28H25N3OS.C2HF3O2/c1-18-15-24(33-4)9-10-25(18)28-30-26(19-11-13-29-14-12-19)27(31(28)2)22-6-5-21-17-23(32-3)8-7-20(21)16-22;3-2(4,5)1(6)7/h5-17H,1-4H3;(H,6,7). The summed E-state index contributed by atoms with van der Waals surface area (Å²) >= 11 is 1.75. The van der Waals surface area contributed by atoms with Crippen LogP contribution in [-0.2, 0) is 11.8 Å². The van der Waals surface area contributed by atoms with Crippen molar-refractivity contribution in [3.05, 3.63) is 84.7 Å². The molecule has 0 aliphatic carbocycles. The van der Waals surface area contributed by atoms with Crippen molar-refractivity contribution in [2.24, 2.45) is 7.05 Å². The number of hydrogen-bond acceptors (Lipinski definition) is 5. The van der Waals surface area contributed by atoms with Crippen molar-refractivity contribution in [2.75, 3.05) is 13.4 Å². The van der Waals surface area contributed by atoms with Crippen LogP contribution >= 0.6 is 11.8 Å². The lowest BCUT2D eigenvalue weighted by molar-refractivity contribution is -0.192. The Bertz CT molecular complexity index is 1670. The highest BCUT2D eigenvalue weighted by Gasteiger charge is 2.38. The predicted octanol–water partition coefficient (Wildman–Crippen LogP) is 7.64. The van der Waals surface area contributed by atoms with Crippen molar-refractivity contribution in [3.63, 3.8) is 0 Å². The topological polar surface area (TPSA) is 77.2 Å². The van der Waals surface area contributed by atoms with Gasteiger partial charge in [0.05, 0.1) is 18.5 Å². The second-order valence-corrected chi connectivity index (χ2v) is 9.72. The van der Waals surface area contributed by atoms with Gasteiger partial charge in [-0.05, 0) is 78.0 Å². The Morgan fingerprint density at radius 3 is 2.20 bits per heavy atom. The summed E-state index contributed by atoms with van der Waals surface area (Å²) in [5.41, 5.74) is 6.57. The number of carbonyl (C=O) groups is 1. The number of hydrogen-bond donors (Lipinski definition) is 1. The normalized spacial score (nSPS) is 11.2. The van der Waals surface area contributed by atoms with Crippen molar-refractivity contribution in [2.45, 2.75) is 18.0 Å². The van der Waals surface area contributed by atoms with Gasteiger partial charge in [0.15, 0.2) is 0 Å². The first-order valence-electron chi connectivity index (χ1n) is 12.0. The van der Waals surface area contributed by atoms with Gasteiger partial charge in [-0.25, -0.2) is 9.78 Å². The van der Waals surface area contributed by atoms with Crippen LogP contribution in [-0.4, -0.2) is 45.2 Å². The van der Waals surface area contributed by atoms with Crippen molar-refractivity contribution < 1.29 is 27.8 Å². The lowest BCUT2D eigenvalue weighted by Crippen LogP contribution is -2.21. The zero-order chi connectivity index (χ0) is 29.0. The number of fused-ring (bicyclic) bond motifs is 1. The smallest absolute Gasteiger partial charge is 0.490 e. The summed E-state index contributed by atoms with van der Waals surface area (Å²) in [6.07, 6.45) is 0.654. The second kappa shape index (κ2) is 11.8. The molecule has 6 nitrogen and oxygen atoms in total. The molecule has 0 saturated carbocycles. The molecule has 0 unspecified atom stereocenters. The number of nitrogens with zero attached hydrogens (tertiary/aromatic N) is 3. The molecule has 5 aromatic rings. The van der Waals surface area contributed by atoms with Gasteiger partial charge in [-0.3, -0.25) is 4.98 Å². The largest absolute Gasteiger partial charge is 0.497 e. The fourth-order valence-electron chi connectivity index (χ4n) is 4.29. The van der Waals surface area contributed by atoms with Crippen LogP contribution < -0.4 is 4.74 Å². The Hall–Kier alpha value is -4.31. The van der Waals surface area contributed by atoms with Crippen LogP contribution in [0.15, 0.2) is 84.0 Å². The van der Waals surface area contributed by atoms with Gasteiger partial charge >= 0.3 is 12.1 Å². The van der Waals surface area contributed by atoms with Gasteiger partial charge in [0.1, 0.15) is 11.6 Å². The van der Waals surface area contributed by atoms with E-state index in [0.29, 0.717) is 0 Å². The Morgan fingerprint density at radius 2 is 1.60 bits per heavy atom. The average Bonchev–Trinajstić information content (AvgIpc) is 3.29. The molecule has 0 fully saturated rings. The molecule has 0 atom stereocenters. The van der Waals surface area contributed by atoms with Crippen molar-refractivity contribution in [3.8, 4) is 39.7 Å². The Morgan fingerprint density at radius 1 is 0.950 bits per heavy atom. The number of aliphatic carboxylic acids is 1.